The van der Waals surface area contributed by atoms with Crippen LogP contribution in [-0.2, 0) is 19.4 Å². The predicted molar refractivity (Wildman–Crippen MR) is 97.2 cm³/mol. The first-order valence-corrected chi connectivity index (χ1v) is 8.20. The van der Waals surface area contributed by atoms with E-state index in [-0.39, 0.29) is 7.43 Å². The van der Waals surface area contributed by atoms with E-state index in [0.29, 0.717) is 22.2 Å². The number of rotatable bonds is 3. The molecule has 0 saturated heterocycles. The van der Waals surface area contributed by atoms with E-state index in [1.807, 2.05) is 0 Å². The zero-order valence-electron chi connectivity index (χ0n) is 12.4. The third-order valence-corrected chi connectivity index (χ3v) is 4.64. The third-order valence-electron chi connectivity index (χ3n) is 4.00. The minimum atomic E-state index is -0.852. The van der Waals surface area contributed by atoms with Crippen LogP contribution in [0.3, 0.4) is 0 Å². The summed E-state index contributed by atoms with van der Waals surface area (Å²) in [5.41, 5.74) is 3.65. The molecule has 0 fully saturated rings. The number of anilines is 1. The molecule has 3 rings (SSSR count). The van der Waals surface area contributed by atoms with Crippen molar-refractivity contribution in [3.05, 3.63) is 62.6 Å². The summed E-state index contributed by atoms with van der Waals surface area (Å²) in [6.45, 7) is 2.08. The monoisotopic (exact) mass is 372 g/mol. The predicted octanol–water partition coefficient (Wildman–Crippen LogP) is 5.21. The van der Waals surface area contributed by atoms with Gasteiger partial charge in [-0.1, -0.05) is 36.7 Å². The second kappa shape index (κ2) is 8.15. The first-order valence-electron chi connectivity index (χ1n) is 7.44. The molecule has 0 aromatic heterocycles. The lowest BCUT2D eigenvalue weighted by Gasteiger charge is -2.17. The van der Waals surface area contributed by atoms with Crippen LogP contribution >= 0.6 is 23.2 Å². The van der Waals surface area contributed by atoms with Crippen LogP contribution in [-0.4, -0.2) is 13.1 Å². The van der Waals surface area contributed by atoms with Crippen molar-refractivity contribution < 1.29 is 8.78 Å². The topological polar surface area (TPSA) is 24.1 Å². The number of hydrogen-bond donors (Lipinski definition) is 2. The van der Waals surface area contributed by atoms with Gasteiger partial charge in [0.25, 0.3) is 0 Å². The van der Waals surface area contributed by atoms with Gasteiger partial charge in [-0.05, 0) is 60.8 Å². The Morgan fingerprint density at radius 3 is 2.38 bits per heavy atom. The number of hydrogen-bond acceptors (Lipinski definition) is 2. The van der Waals surface area contributed by atoms with Gasteiger partial charge in [0.15, 0.2) is 11.6 Å². The number of halogens is 4. The normalized spacial score (nSPS) is 13.7. The van der Waals surface area contributed by atoms with Crippen LogP contribution in [0.5, 0.6) is 0 Å². The summed E-state index contributed by atoms with van der Waals surface area (Å²) in [6, 6.07) is 5.60. The van der Waals surface area contributed by atoms with Gasteiger partial charge in [0.05, 0.1) is 10.7 Å². The van der Waals surface area contributed by atoms with Gasteiger partial charge < -0.3 is 10.6 Å². The summed E-state index contributed by atoms with van der Waals surface area (Å²) in [4.78, 5) is 0. The van der Waals surface area contributed by atoms with E-state index in [4.69, 9.17) is 23.2 Å². The SMILES string of the molecule is C.Fc1ccc(CNc2c(Cl)cc(Cl)c3c2CCNCC3)cc1F. The first kappa shape index (κ1) is 19.0. The van der Waals surface area contributed by atoms with E-state index in [9.17, 15) is 8.78 Å². The largest absolute Gasteiger partial charge is 0.380 e. The summed E-state index contributed by atoms with van der Waals surface area (Å²) >= 11 is 12.7. The fourth-order valence-electron chi connectivity index (χ4n) is 2.84. The molecule has 0 unspecified atom stereocenters. The van der Waals surface area contributed by atoms with Crippen molar-refractivity contribution in [3.63, 3.8) is 0 Å². The van der Waals surface area contributed by atoms with Crippen molar-refractivity contribution in [2.45, 2.75) is 26.8 Å². The summed E-state index contributed by atoms with van der Waals surface area (Å²) in [6.07, 6.45) is 1.65. The van der Waals surface area contributed by atoms with E-state index in [1.165, 1.54) is 6.07 Å². The molecule has 1 aliphatic rings. The Morgan fingerprint density at radius 2 is 1.67 bits per heavy atom. The second-order valence-corrected chi connectivity index (χ2v) is 6.34. The first-order chi connectivity index (χ1) is 11.1. The molecule has 0 bridgehead atoms. The molecule has 2 N–H and O–H groups in total. The molecule has 1 aliphatic heterocycles. The zero-order chi connectivity index (χ0) is 16.4. The second-order valence-electron chi connectivity index (χ2n) is 5.52. The van der Waals surface area contributed by atoms with Crippen LogP contribution in [0.15, 0.2) is 24.3 Å². The molecule has 0 spiro atoms. The van der Waals surface area contributed by atoms with Gasteiger partial charge in [-0.3, -0.25) is 0 Å². The van der Waals surface area contributed by atoms with Crippen LogP contribution in [0.4, 0.5) is 14.5 Å². The van der Waals surface area contributed by atoms with E-state index < -0.39 is 11.6 Å². The zero-order valence-corrected chi connectivity index (χ0v) is 13.9. The highest BCUT2D eigenvalue weighted by Crippen LogP contribution is 2.36. The Balaban J connectivity index is 0.00000208. The van der Waals surface area contributed by atoms with Crippen molar-refractivity contribution in [2.75, 3.05) is 18.4 Å². The van der Waals surface area contributed by atoms with Gasteiger partial charge in [0, 0.05) is 11.6 Å². The molecule has 1 heterocycles. The van der Waals surface area contributed by atoms with Crippen LogP contribution in [0.2, 0.25) is 10.0 Å². The molecule has 0 saturated carbocycles. The Morgan fingerprint density at radius 1 is 0.958 bits per heavy atom. The number of benzene rings is 2. The van der Waals surface area contributed by atoms with Crippen molar-refractivity contribution in [3.8, 4) is 0 Å². The van der Waals surface area contributed by atoms with Gasteiger partial charge in [-0.25, -0.2) is 8.78 Å². The molecule has 0 atom stereocenters. The molecule has 0 aliphatic carbocycles. The molecule has 0 radical (unpaired) electrons. The Hall–Kier alpha value is -1.36. The van der Waals surface area contributed by atoms with Crippen LogP contribution < -0.4 is 10.6 Å². The average molecular weight is 373 g/mol. The van der Waals surface area contributed by atoms with Crippen molar-refractivity contribution in [2.24, 2.45) is 0 Å². The van der Waals surface area contributed by atoms with Gasteiger partial charge in [-0.15, -0.1) is 0 Å². The molecule has 2 aromatic rings. The van der Waals surface area contributed by atoms with E-state index >= 15 is 0 Å². The van der Waals surface area contributed by atoms with Crippen molar-refractivity contribution in [1.29, 1.82) is 0 Å². The maximum atomic E-state index is 13.3. The molecule has 24 heavy (non-hydrogen) atoms. The van der Waals surface area contributed by atoms with Crippen molar-refractivity contribution in [1.82, 2.24) is 5.32 Å². The Kier molecular flexibility index (Phi) is 6.44. The van der Waals surface area contributed by atoms with Gasteiger partial charge in [0.2, 0.25) is 0 Å². The fraction of sp³-hybridized carbons (Fsp3) is 0.333. The molecular formula is C18H20Cl2F2N2. The number of fused-ring (bicyclic) bond motifs is 1. The van der Waals surface area contributed by atoms with Crippen molar-refractivity contribution >= 4 is 28.9 Å². The highest BCUT2D eigenvalue weighted by molar-refractivity contribution is 6.37. The molecule has 130 valence electrons. The molecule has 2 aromatic carbocycles. The lowest BCUT2D eigenvalue weighted by molar-refractivity contribution is 0.507. The highest BCUT2D eigenvalue weighted by atomic mass is 35.5. The number of nitrogens with one attached hydrogen (secondary N) is 2. The smallest absolute Gasteiger partial charge is 0.159 e. The maximum absolute atomic E-state index is 13.3. The maximum Gasteiger partial charge on any atom is 0.159 e. The third kappa shape index (κ3) is 4.00. The standard InChI is InChI=1S/C17H16Cl2F2N2.CH4/c18-13-8-14(19)17(12-4-6-22-5-3-11(12)13)23-9-10-1-2-15(20)16(21)7-10;/h1-2,7-8,22-23H,3-6,9H2;1H4. The van der Waals surface area contributed by atoms with E-state index in [1.54, 1.807) is 12.1 Å². The summed E-state index contributed by atoms with van der Waals surface area (Å²) in [5.74, 6) is -1.70. The highest BCUT2D eigenvalue weighted by Gasteiger charge is 2.18. The minimum Gasteiger partial charge on any atom is -0.380 e. The van der Waals surface area contributed by atoms with E-state index in [2.05, 4.69) is 10.6 Å². The molecule has 0 amide bonds. The van der Waals surface area contributed by atoms with Crippen LogP contribution in [0.25, 0.3) is 0 Å². The van der Waals surface area contributed by atoms with Gasteiger partial charge in [0.1, 0.15) is 0 Å². The fourth-order valence-corrected chi connectivity index (χ4v) is 3.50. The lowest BCUT2D eigenvalue weighted by atomic mass is 10.0. The minimum absolute atomic E-state index is 0. The Labute approximate surface area is 151 Å². The molecule has 6 heteroatoms. The Bertz CT molecular complexity index is 735. The van der Waals surface area contributed by atoms with Crippen LogP contribution in [0.1, 0.15) is 24.1 Å². The molecule has 2 nitrogen and oxygen atoms in total. The molecular weight excluding hydrogens is 353 g/mol. The average Bonchev–Trinajstić information content (AvgIpc) is 2.76. The van der Waals surface area contributed by atoms with E-state index in [0.717, 1.165) is 48.8 Å². The quantitative estimate of drug-likeness (QED) is 0.772. The summed E-state index contributed by atoms with van der Waals surface area (Å²) in [5, 5.41) is 7.80. The lowest BCUT2D eigenvalue weighted by Crippen LogP contribution is -2.16. The summed E-state index contributed by atoms with van der Waals surface area (Å²) < 4.78 is 26.3. The van der Waals surface area contributed by atoms with Gasteiger partial charge >= 0.3 is 0 Å². The van der Waals surface area contributed by atoms with Gasteiger partial charge in [-0.2, -0.15) is 0 Å². The van der Waals surface area contributed by atoms with Crippen LogP contribution in [0, 0.1) is 11.6 Å². The summed E-state index contributed by atoms with van der Waals surface area (Å²) in [7, 11) is 0.